The molecule has 0 aliphatic rings. The first-order valence-electron chi connectivity index (χ1n) is 4.64. The lowest BCUT2D eigenvalue weighted by Crippen LogP contribution is -2.08. The van der Waals surface area contributed by atoms with E-state index in [9.17, 15) is 4.79 Å². The van der Waals surface area contributed by atoms with Gasteiger partial charge in [0.25, 0.3) is 0 Å². The predicted octanol–water partition coefficient (Wildman–Crippen LogP) is 1.42. The van der Waals surface area contributed by atoms with Gasteiger partial charge in [-0.1, -0.05) is 0 Å². The number of hydrogen-bond acceptors (Lipinski definition) is 3. The van der Waals surface area contributed by atoms with Gasteiger partial charge in [-0.25, -0.2) is 0 Å². The molecule has 0 unspecified atom stereocenters. The lowest BCUT2D eigenvalue weighted by atomic mass is 10.2. The summed E-state index contributed by atoms with van der Waals surface area (Å²) in [6.07, 6.45) is 0. The average Bonchev–Trinajstić information content (AvgIpc) is 2.28. The molecule has 5 heteroatoms. The van der Waals surface area contributed by atoms with Crippen LogP contribution in [-0.4, -0.2) is 12.1 Å². The zero-order valence-corrected chi connectivity index (χ0v) is 9.64. The fraction of sp³-hybridized carbons (Fsp3) is 0.182. The predicted molar refractivity (Wildman–Crippen MR) is 66.3 cm³/mol. The van der Waals surface area contributed by atoms with Crippen molar-refractivity contribution in [2.45, 2.75) is 6.54 Å². The summed E-state index contributed by atoms with van der Waals surface area (Å²) in [4.78, 5) is 14.8. The van der Waals surface area contributed by atoms with E-state index in [-0.39, 0.29) is 17.8 Å². The highest BCUT2D eigenvalue weighted by molar-refractivity contribution is 5.85. The van der Waals surface area contributed by atoms with Gasteiger partial charge in [0, 0.05) is 29.2 Å². The molecule has 2 aromatic rings. The lowest BCUT2D eigenvalue weighted by molar-refractivity contribution is 0.415. The number of benzene rings is 1. The van der Waals surface area contributed by atoms with Crippen LogP contribution in [0.15, 0.2) is 29.1 Å². The van der Waals surface area contributed by atoms with Gasteiger partial charge in [0.2, 0.25) is 0 Å². The van der Waals surface area contributed by atoms with Crippen molar-refractivity contribution in [1.82, 2.24) is 4.98 Å². The molecule has 0 aliphatic heterocycles. The van der Waals surface area contributed by atoms with Crippen molar-refractivity contribution >= 4 is 23.3 Å². The van der Waals surface area contributed by atoms with Gasteiger partial charge in [-0.05, 0) is 18.2 Å². The molecule has 16 heavy (non-hydrogen) atoms. The van der Waals surface area contributed by atoms with Gasteiger partial charge in [0.15, 0.2) is 5.43 Å². The number of hydrogen-bond donors (Lipinski definition) is 2. The molecule has 3 N–H and O–H groups in total. The van der Waals surface area contributed by atoms with E-state index in [1.807, 2.05) is 6.07 Å². The lowest BCUT2D eigenvalue weighted by Gasteiger charge is -2.04. The molecule has 86 valence electrons. The maximum absolute atomic E-state index is 11.7. The van der Waals surface area contributed by atoms with Gasteiger partial charge in [-0.2, -0.15) is 0 Å². The third-order valence-corrected chi connectivity index (χ3v) is 2.31. The smallest absolute Gasteiger partial charge is 0.189 e. The second kappa shape index (κ2) is 5.01. The zero-order valence-electron chi connectivity index (χ0n) is 8.82. The molecule has 4 nitrogen and oxygen atoms in total. The standard InChI is InChI=1S/C11H12N2O2.ClH/c1-15-8-2-3-10-9(5-8)11(14)4-7(6-12)13-10;/h2-5H,6,12H2,1H3,(H,13,14);1H. The van der Waals surface area contributed by atoms with Crippen LogP contribution in [0.3, 0.4) is 0 Å². The third kappa shape index (κ3) is 2.18. The number of rotatable bonds is 2. The molecule has 1 aromatic carbocycles. The van der Waals surface area contributed by atoms with E-state index in [2.05, 4.69) is 4.98 Å². The molecule has 0 fully saturated rings. The Balaban J connectivity index is 0.00000128. The number of pyridine rings is 1. The Hall–Kier alpha value is -1.52. The number of nitrogens with two attached hydrogens (primary N) is 1. The van der Waals surface area contributed by atoms with Crippen LogP contribution in [0.5, 0.6) is 5.75 Å². The number of halogens is 1. The van der Waals surface area contributed by atoms with E-state index >= 15 is 0 Å². The van der Waals surface area contributed by atoms with Crippen molar-refractivity contribution in [1.29, 1.82) is 0 Å². The van der Waals surface area contributed by atoms with Gasteiger partial charge in [0.1, 0.15) is 5.75 Å². The van der Waals surface area contributed by atoms with Crippen LogP contribution in [-0.2, 0) is 6.54 Å². The van der Waals surface area contributed by atoms with Crippen LogP contribution in [0.4, 0.5) is 0 Å². The monoisotopic (exact) mass is 240 g/mol. The first-order chi connectivity index (χ1) is 7.24. The van der Waals surface area contributed by atoms with Crippen molar-refractivity contribution in [3.05, 3.63) is 40.2 Å². The number of aromatic nitrogens is 1. The SMILES string of the molecule is COc1ccc2[nH]c(CN)cc(=O)c2c1.Cl. The highest BCUT2D eigenvalue weighted by Crippen LogP contribution is 2.16. The number of ether oxygens (including phenoxy) is 1. The summed E-state index contributed by atoms with van der Waals surface area (Å²) in [5, 5.41) is 0.617. The molecule has 1 aromatic heterocycles. The topological polar surface area (TPSA) is 68.1 Å². The molecule has 0 saturated heterocycles. The van der Waals surface area contributed by atoms with E-state index in [1.165, 1.54) is 6.07 Å². The summed E-state index contributed by atoms with van der Waals surface area (Å²) >= 11 is 0. The van der Waals surface area contributed by atoms with E-state index in [4.69, 9.17) is 10.5 Å². The van der Waals surface area contributed by atoms with Crippen LogP contribution in [0.25, 0.3) is 10.9 Å². The molecule has 0 bridgehead atoms. The quantitative estimate of drug-likeness (QED) is 0.834. The summed E-state index contributed by atoms with van der Waals surface area (Å²) < 4.78 is 5.06. The summed E-state index contributed by atoms with van der Waals surface area (Å²) in [5.74, 6) is 0.675. The largest absolute Gasteiger partial charge is 0.497 e. The molecule has 0 aliphatic carbocycles. The minimum atomic E-state index is -0.0388. The van der Waals surface area contributed by atoms with Gasteiger partial charge in [-0.3, -0.25) is 4.79 Å². The Kier molecular flexibility index (Phi) is 3.93. The van der Waals surface area contributed by atoms with E-state index in [1.54, 1.807) is 19.2 Å². The van der Waals surface area contributed by atoms with E-state index < -0.39 is 0 Å². The minimum Gasteiger partial charge on any atom is -0.497 e. The van der Waals surface area contributed by atoms with Gasteiger partial charge < -0.3 is 15.5 Å². The second-order valence-corrected chi connectivity index (χ2v) is 3.27. The van der Waals surface area contributed by atoms with E-state index in [0.29, 0.717) is 17.7 Å². The van der Waals surface area contributed by atoms with Crippen LogP contribution in [0.1, 0.15) is 5.69 Å². The molecule has 0 amide bonds. The highest BCUT2D eigenvalue weighted by Gasteiger charge is 2.02. The normalized spacial score (nSPS) is 9.88. The fourth-order valence-corrected chi connectivity index (χ4v) is 1.52. The molecular weight excluding hydrogens is 228 g/mol. The second-order valence-electron chi connectivity index (χ2n) is 3.27. The van der Waals surface area contributed by atoms with Crippen LogP contribution < -0.4 is 15.9 Å². The zero-order chi connectivity index (χ0) is 10.8. The van der Waals surface area contributed by atoms with Crippen LogP contribution >= 0.6 is 12.4 Å². The first-order valence-corrected chi connectivity index (χ1v) is 4.64. The first kappa shape index (κ1) is 12.5. The van der Waals surface area contributed by atoms with Crippen molar-refractivity contribution in [2.24, 2.45) is 5.73 Å². The Morgan fingerprint density at radius 1 is 1.38 bits per heavy atom. The fourth-order valence-electron chi connectivity index (χ4n) is 1.52. The molecular formula is C11H13ClN2O2. The Morgan fingerprint density at radius 2 is 2.12 bits per heavy atom. The number of fused-ring (bicyclic) bond motifs is 1. The highest BCUT2D eigenvalue weighted by atomic mass is 35.5. The molecule has 1 heterocycles. The van der Waals surface area contributed by atoms with Crippen molar-refractivity contribution in [3.63, 3.8) is 0 Å². The molecule has 0 atom stereocenters. The minimum absolute atomic E-state index is 0. The Labute approximate surface area is 98.8 Å². The van der Waals surface area contributed by atoms with Crippen molar-refractivity contribution in [3.8, 4) is 5.75 Å². The van der Waals surface area contributed by atoms with Crippen LogP contribution in [0, 0.1) is 0 Å². The van der Waals surface area contributed by atoms with E-state index in [0.717, 1.165) is 11.2 Å². The van der Waals surface area contributed by atoms with Gasteiger partial charge in [-0.15, -0.1) is 12.4 Å². The summed E-state index contributed by atoms with van der Waals surface area (Å²) in [6.45, 7) is 0.331. The average molecular weight is 241 g/mol. The molecule has 2 rings (SSSR count). The maximum atomic E-state index is 11.7. The summed E-state index contributed by atoms with van der Waals surface area (Å²) in [7, 11) is 1.57. The van der Waals surface area contributed by atoms with Crippen LogP contribution in [0.2, 0.25) is 0 Å². The molecule has 0 spiro atoms. The number of methoxy groups -OCH3 is 1. The van der Waals surface area contributed by atoms with Crippen molar-refractivity contribution in [2.75, 3.05) is 7.11 Å². The van der Waals surface area contributed by atoms with Gasteiger partial charge in [0.05, 0.1) is 7.11 Å². The Morgan fingerprint density at radius 3 is 2.75 bits per heavy atom. The number of H-pyrrole nitrogens is 1. The third-order valence-electron chi connectivity index (χ3n) is 2.31. The molecule has 0 radical (unpaired) electrons. The van der Waals surface area contributed by atoms with Crippen molar-refractivity contribution < 1.29 is 4.74 Å². The summed E-state index contributed by atoms with van der Waals surface area (Å²) in [5.41, 5.74) is 6.95. The maximum Gasteiger partial charge on any atom is 0.189 e. The number of nitrogens with one attached hydrogen (secondary N) is 1. The van der Waals surface area contributed by atoms with Gasteiger partial charge >= 0.3 is 0 Å². The Bertz CT molecular complexity index is 551. The summed E-state index contributed by atoms with van der Waals surface area (Å²) in [6, 6.07) is 6.85. The molecule has 0 saturated carbocycles. The number of aromatic amines is 1.